The maximum absolute atomic E-state index is 12.6. The van der Waals surface area contributed by atoms with E-state index in [0.717, 1.165) is 33.7 Å². The van der Waals surface area contributed by atoms with Gasteiger partial charge in [-0.05, 0) is 49.2 Å². The molecule has 5 heteroatoms. The first-order valence-corrected chi connectivity index (χ1v) is 9.02. The van der Waals surface area contributed by atoms with Gasteiger partial charge in [0.2, 0.25) is 0 Å². The topological polar surface area (TPSA) is 42.0 Å². The number of halogens is 1. The third kappa shape index (κ3) is 3.40. The molecular formula is C19H15ClN2OS. The Balaban J connectivity index is 1.72. The number of para-hydroxylation sites is 1. The Morgan fingerprint density at radius 1 is 1.12 bits per heavy atom. The van der Waals surface area contributed by atoms with Crippen molar-refractivity contribution in [1.82, 2.24) is 10.3 Å². The Bertz CT molecular complexity index is 907. The quantitative estimate of drug-likeness (QED) is 0.722. The monoisotopic (exact) mass is 354 g/mol. The Morgan fingerprint density at radius 3 is 2.62 bits per heavy atom. The molecule has 0 saturated heterocycles. The molecule has 1 saturated carbocycles. The number of carbonyl (C=O) groups is 1. The number of pyridine rings is 1. The maximum atomic E-state index is 12.6. The Kier molecular flexibility index (Phi) is 4.17. The van der Waals surface area contributed by atoms with Gasteiger partial charge in [0, 0.05) is 21.3 Å². The van der Waals surface area contributed by atoms with Crippen molar-refractivity contribution in [1.29, 1.82) is 0 Å². The van der Waals surface area contributed by atoms with Gasteiger partial charge in [0.05, 0.1) is 11.1 Å². The van der Waals surface area contributed by atoms with E-state index < -0.39 is 0 Å². The summed E-state index contributed by atoms with van der Waals surface area (Å²) in [6.07, 6.45) is 2.14. The lowest BCUT2D eigenvalue weighted by Crippen LogP contribution is -2.25. The molecule has 0 unspecified atom stereocenters. The highest BCUT2D eigenvalue weighted by Gasteiger charge is 2.25. The van der Waals surface area contributed by atoms with Gasteiger partial charge < -0.3 is 5.32 Å². The number of rotatable bonds is 4. The van der Waals surface area contributed by atoms with E-state index in [9.17, 15) is 4.79 Å². The molecule has 0 aliphatic heterocycles. The summed E-state index contributed by atoms with van der Waals surface area (Å²) in [4.78, 5) is 18.3. The van der Waals surface area contributed by atoms with Crippen LogP contribution in [0.25, 0.3) is 10.9 Å². The highest BCUT2D eigenvalue weighted by molar-refractivity contribution is 7.99. The minimum atomic E-state index is -0.0194. The van der Waals surface area contributed by atoms with Crippen LogP contribution >= 0.6 is 23.4 Å². The standard InChI is InChI=1S/C19H15ClN2OS/c20-12-5-9-14(10-6-12)24-18-11-16(19(23)21-13-7-8-13)15-3-1-2-4-17(15)22-18/h1-6,9-11,13H,7-8H2,(H,21,23). The van der Waals surface area contributed by atoms with Crippen molar-refractivity contribution in [3.8, 4) is 0 Å². The minimum absolute atomic E-state index is 0.0194. The van der Waals surface area contributed by atoms with E-state index in [1.807, 2.05) is 54.6 Å². The summed E-state index contributed by atoms with van der Waals surface area (Å²) in [5.41, 5.74) is 1.52. The molecule has 120 valence electrons. The predicted octanol–water partition coefficient (Wildman–Crippen LogP) is 4.93. The first-order chi connectivity index (χ1) is 11.7. The van der Waals surface area contributed by atoms with Crippen LogP contribution in [0.2, 0.25) is 5.02 Å². The molecule has 1 aliphatic rings. The fraction of sp³-hybridized carbons (Fsp3) is 0.158. The van der Waals surface area contributed by atoms with E-state index in [4.69, 9.17) is 11.6 Å². The van der Waals surface area contributed by atoms with Crippen molar-refractivity contribution in [3.63, 3.8) is 0 Å². The molecule has 3 nitrogen and oxygen atoms in total. The minimum Gasteiger partial charge on any atom is -0.349 e. The van der Waals surface area contributed by atoms with Gasteiger partial charge >= 0.3 is 0 Å². The molecule has 1 N–H and O–H groups in total. The fourth-order valence-electron chi connectivity index (χ4n) is 2.51. The number of amides is 1. The second-order valence-electron chi connectivity index (χ2n) is 5.83. The molecule has 1 fully saturated rings. The van der Waals surface area contributed by atoms with Crippen LogP contribution in [-0.4, -0.2) is 16.9 Å². The van der Waals surface area contributed by atoms with Crippen LogP contribution < -0.4 is 5.32 Å². The molecule has 3 aromatic rings. The smallest absolute Gasteiger partial charge is 0.252 e. The summed E-state index contributed by atoms with van der Waals surface area (Å²) in [5.74, 6) is -0.0194. The summed E-state index contributed by atoms with van der Waals surface area (Å²) in [5, 5.41) is 5.46. The molecule has 4 rings (SSSR count). The normalized spacial score (nSPS) is 13.9. The van der Waals surface area contributed by atoms with Crippen molar-refractivity contribution in [2.45, 2.75) is 28.8 Å². The zero-order chi connectivity index (χ0) is 16.5. The molecule has 2 aromatic carbocycles. The van der Waals surface area contributed by atoms with Crippen molar-refractivity contribution >= 4 is 40.2 Å². The molecule has 1 aliphatic carbocycles. The molecule has 1 heterocycles. The SMILES string of the molecule is O=C(NC1CC1)c1cc(Sc2ccc(Cl)cc2)nc2ccccc12. The third-order valence-corrected chi connectivity index (χ3v) is 5.06. The van der Waals surface area contributed by atoms with Gasteiger partial charge in [0.15, 0.2) is 0 Å². The van der Waals surface area contributed by atoms with Crippen molar-refractivity contribution in [3.05, 3.63) is 65.2 Å². The lowest BCUT2D eigenvalue weighted by Gasteiger charge is -2.10. The Labute approximate surface area is 149 Å². The number of hydrogen-bond donors (Lipinski definition) is 1. The highest BCUT2D eigenvalue weighted by Crippen LogP contribution is 2.31. The second-order valence-corrected chi connectivity index (χ2v) is 7.36. The largest absolute Gasteiger partial charge is 0.349 e. The lowest BCUT2D eigenvalue weighted by molar-refractivity contribution is 0.0952. The van der Waals surface area contributed by atoms with E-state index in [2.05, 4.69) is 10.3 Å². The number of nitrogens with one attached hydrogen (secondary N) is 1. The molecule has 1 aromatic heterocycles. The van der Waals surface area contributed by atoms with E-state index in [1.54, 1.807) is 0 Å². The fourth-order valence-corrected chi connectivity index (χ4v) is 3.47. The predicted molar refractivity (Wildman–Crippen MR) is 97.8 cm³/mol. The van der Waals surface area contributed by atoms with Gasteiger partial charge in [-0.3, -0.25) is 4.79 Å². The van der Waals surface area contributed by atoms with Gasteiger partial charge in [-0.15, -0.1) is 0 Å². The molecule has 0 bridgehead atoms. The second kappa shape index (κ2) is 6.46. The van der Waals surface area contributed by atoms with Crippen molar-refractivity contribution < 1.29 is 4.79 Å². The number of aromatic nitrogens is 1. The Morgan fingerprint density at radius 2 is 1.88 bits per heavy atom. The summed E-state index contributed by atoms with van der Waals surface area (Å²) in [7, 11) is 0. The van der Waals surface area contributed by atoms with Crippen LogP contribution in [-0.2, 0) is 0 Å². The van der Waals surface area contributed by atoms with Gasteiger partial charge in [0.25, 0.3) is 5.91 Å². The van der Waals surface area contributed by atoms with Gasteiger partial charge in [-0.1, -0.05) is 41.6 Å². The first kappa shape index (κ1) is 15.5. The lowest BCUT2D eigenvalue weighted by atomic mass is 10.1. The van der Waals surface area contributed by atoms with Crippen LogP contribution in [0.1, 0.15) is 23.2 Å². The van der Waals surface area contributed by atoms with Crippen LogP contribution in [0.3, 0.4) is 0 Å². The zero-order valence-corrected chi connectivity index (χ0v) is 14.4. The molecule has 0 spiro atoms. The van der Waals surface area contributed by atoms with E-state index >= 15 is 0 Å². The molecule has 0 atom stereocenters. The van der Waals surface area contributed by atoms with Crippen molar-refractivity contribution in [2.24, 2.45) is 0 Å². The van der Waals surface area contributed by atoms with Crippen LogP contribution in [0.5, 0.6) is 0 Å². The number of hydrogen-bond acceptors (Lipinski definition) is 3. The van der Waals surface area contributed by atoms with Crippen LogP contribution in [0, 0.1) is 0 Å². The summed E-state index contributed by atoms with van der Waals surface area (Å²) < 4.78 is 0. The number of nitrogens with zero attached hydrogens (tertiary/aromatic N) is 1. The van der Waals surface area contributed by atoms with Crippen molar-refractivity contribution in [2.75, 3.05) is 0 Å². The summed E-state index contributed by atoms with van der Waals surface area (Å²) in [6, 6.07) is 17.6. The number of fused-ring (bicyclic) bond motifs is 1. The van der Waals surface area contributed by atoms with Gasteiger partial charge in [-0.25, -0.2) is 4.98 Å². The third-order valence-electron chi connectivity index (χ3n) is 3.89. The molecule has 24 heavy (non-hydrogen) atoms. The maximum Gasteiger partial charge on any atom is 0.252 e. The number of carbonyl (C=O) groups excluding carboxylic acids is 1. The summed E-state index contributed by atoms with van der Waals surface area (Å²) in [6.45, 7) is 0. The van der Waals surface area contributed by atoms with Crippen LogP contribution in [0.4, 0.5) is 0 Å². The van der Waals surface area contributed by atoms with E-state index in [0.29, 0.717) is 16.6 Å². The molecular weight excluding hydrogens is 340 g/mol. The first-order valence-electron chi connectivity index (χ1n) is 7.83. The van der Waals surface area contributed by atoms with Gasteiger partial charge in [0.1, 0.15) is 5.03 Å². The summed E-state index contributed by atoms with van der Waals surface area (Å²) >= 11 is 7.46. The molecule has 0 radical (unpaired) electrons. The molecule has 1 amide bonds. The van der Waals surface area contributed by atoms with Gasteiger partial charge in [-0.2, -0.15) is 0 Å². The average Bonchev–Trinajstić information content (AvgIpc) is 3.40. The highest BCUT2D eigenvalue weighted by atomic mass is 35.5. The van der Waals surface area contributed by atoms with E-state index in [-0.39, 0.29) is 5.91 Å². The van der Waals surface area contributed by atoms with Crippen LogP contribution in [0.15, 0.2) is 64.5 Å². The van der Waals surface area contributed by atoms with E-state index in [1.165, 1.54) is 11.8 Å². The Hall–Kier alpha value is -2.04. The zero-order valence-electron chi connectivity index (χ0n) is 12.8. The average molecular weight is 355 g/mol. The number of benzene rings is 2.